The van der Waals surface area contributed by atoms with Crippen LogP contribution in [0.15, 0.2) is 18.2 Å². The lowest BCUT2D eigenvalue weighted by molar-refractivity contribution is -0.0310. The fourth-order valence-corrected chi connectivity index (χ4v) is 3.02. The Morgan fingerprint density at radius 2 is 2.00 bits per heavy atom. The van der Waals surface area contributed by atoms with E-state index in [4.69, 9.17) is 32.7 Å². The average molecular weight is 345 g/mol. The zero-order chi connectivity index (χ0) is 15.5. The van der Waals surface area contributed by atoms with Crippen molar-refractivity contribution in [2.45, 2.75) is 6.10 Å². The van der Waals surface area contributed by atoms with Crippen LogP contribution < -0.4 is 0 Å². The molecule has 2 heterocycles. The summed E-state index contributed by atoms with van der Waals surface area (Å²) in [5.74, 6) is 0. The van der Waals surface area contributed by atoms with Gasteiger partial charge in [0.1, 0.15) is 6.61 Å². The third kappa shape index (κ3) is 3.66. The molecule has 0 aromatic heterocycles. The number of carbonyl (C=O) groups is 1. The summed E-state index contributed by atoms with van der Waals surface area (Å²) in [6, 6.07) is 5.60. The van der Waals surface area contributed by atoms with Crippen LogP contribution in [0.25, 0.3) is 0 Å². The van der Waals surface area contributed by atoms with E-state index in [1.807, 2.05) is 12.1 Å². The molecule has 0 radical (unpaired) electrons. The number of rotatable bonds is 4. The molecular formula is C15H18Cl2N2O3. The maximum atomic E-state index is 11.4. The van der Waals surface area contributed by atoms with E-state index in [2.05, 4.69) is 4.90 Å². The van der Waals surface area contributed by atoms with Crippen molar-refractivity contribution in [2.24, 2.45) is 0 Å². The van der Waals surface area contributed by atoms with Gasteiger partial charge in [-0.3, -0.25) is 4.90 Å². The minimum atomic E-state index is -0.214. The highest BCUT2D eigenvalue weighted by Crippen LogP contribution is 2.29. The van der Waals surface area contributed by atoms with Gasteiger partial charge in [0, 0.05) is 26.2 Å². The summed E-state index contributed by atoms with van der Waals surface area (Å²) < 4.78 is 10.8. The molecule has 0 aliphatic carbocycles. The molecular weight excluding hydrogens is 327 g/mol. The fraction of sp³-hybridized carbons (Fsp3) is 0.533. The first kappa shape index (κ1) is 15.9. The highest BCUT2D eigenvalue weighted by molar-refractivity contribution is 6.42. The lowest BCUT2D eigenvalue weighted by Crippen LogP contribution is -2.42. The van der Waals surface area contributed by atoms with E-state index in [1.54, 1.807) is 11.0 Å². The first-order valence-corrected chi connectivity index (χ1v) is 8.09. The molecule has 2 fully saturated rings. The zero-order valence-corrected chi connectivity index (χ0v) is 13.6. The molecule has 22 heavy (non-hydrogen) atoms. The molecule has 1 atom stereocenters. The molecule has 7 heteroatoms. The van der Waals surface area contributed by atoms with E-state index < -0.39 is 0 Å². The Morgan fingerprint density at radius 3 is 2.73 bits per heavy atom. The van der Waals surface area contributed by atoms with Crippen LogP contribution in [0.3, 0.4) is 0 Å². The Morgan fingerprint density at radius 1 is 1.14 bits per heavy atom. The molecule has 120 valence electrons. The van der Waals surface area contributed by atoms with Crippen molar-refractivity contribution >= 4 is 29.3 Å². The third-order valence-corrected chi connectivity index (χ3v) is 4.74. The Labute approximate surface area is 139 Å². The molecule has 3 rings (SSSR count). The molecule has 0 unspecified atom stereocenters. The summed E-state index contributed by atoms with van der Waals surface area (Å²) in [5.41, 5.74) is 1.03. The van der Waals surface area contributed by atoms with Crippen LogP contribution in [-0.4, -0.2) is 61.8 Å². The Balaban J connectivity index is 1.56. The lowest BCUT2D eigenvalue weighted by Gasteiger charge is -2.33. The minimum Gasteiger partial charge on any atom is -0.448 e. The van der Waals surface area contributed by atoms with Crippen LogP contribution in [0.2, 0.25) is 10.0 Å². The van der Waals surface area contributed by atoms with Crippen LogP contribution in [0.4, 0.5) is 4.79 Å². The van der Waals surface area contributed by atoms with Gasteiger partial charge in [-0.2, -0.15) is 0 Å². The number of nitrogens with zero attached hydrogens (tertiary/aromatic N) is 2. The van der Waals surface area contributed by atoms with Gasteiger partial charge in [0.25, 0.3) is 0 Å². The second-order valence-corrected chi connectivity index (χ2v) is 6.25. The predicted molar refractivity (Wildman–Crippen MR) is 84.5 cm³/mol. The summed E-state index contributed by atoms with van der Waals surface area (Å²) in [4.78, 5) is 15.5. The van der Waals surface area contributed by atoms with Gasteiger partial charge in [-0.1, -0.05) is 29.3 Å². The highest BCUT2D eigenvalue weighted by Gasteiger charge is 2.25. The number of halogens is 2. The quantitative estimate of drug-likeness (QED) is 0.842. The van der Waals surface area contributed by atoms with E-state index >= 15 is 0 Å². The van der Waals surface area contributed by atoms with Gasteiger partial charge in [0.05, 0.1) is 29.3 Å². The van der Waals surface area contributed by atoms with E-state index in [9.17, 15) is 4.79 Å². The van der Waals surface area contributed by atoms with Crippen LogP contribution in [0, 0.1) is 0 Å². The molecule has 0 bridgehead atoms. The SMILES string of the molecule is O=C1OCCN1CCN1CCO[C@H](c2ccc(Cl)c(Cl)c2)C1. The van der Waals surface area contributed by atoms with E-state index in [0.717, 1.165) is 25.2 Å². The van der Waals surface area contributed by atoms with Crippen LogP contribution in [0.5, 0.6) is 0 Å². The number of amides is 1. The van der Waals surface area contributed by atoms with Crippen LogP contribution in [-0.2, 0) is 9.47 Å². The number of benzene rings is 1. The molecule has 2 saturated heterocycles. The van der Waals surface area contributed by atoms with E-state index in [0.29, 0.717) is 36.3 Å². The van der Waals surface area contributed by atoms with Crippen LogP contribution >= 0.6 is 23.2 Å². The van der Waals surface area contributed by atoms with Gasteiger partial charge in [-0.15, -0.1) is 0 Å². The van der Waals surface area contributed by atoms with E-state index in [1.165, 1.54) is 0 Å². The maximum Gasteiger partial charge on any atom is 0.409 e. The summed E-state index contributed by atoms with van der Waals surface area (Å²) in [7, 11) is 0. The standard InChI is InChI=1S/C15H18Cl2N2O3/c16-12-2-1-11(9-13(12)17)14-10-18(5-7-21-14)3-4-19-6-8-22-15(19)20/h1-2,9,14H,3-8,10H2/t14-/m0/s1. The van der Waals surface area contributed by atoms with Gasteiger partial charge < -0.3 is 14.4 Å². The lowest BCUT2D eigenvalue weighted by atomic mass is 10.1. The van der Waals surface area contributed by atoms with Crippen molar-refractivity contribution in [2.75, 3.05) is 45.9 Å². The van der Waals surface area contributed by atoms with Gasteiger partial charge >= 0.3 is 6.09 Å². The van der Waals surface area contributed by atoms with Gasteiger partial charge in [-0.05, 0) is 17.7 Å². The zero-order valence-electron chi connectivity index (χ0n) is 12.1. The van der Waals surface area contributed by atoms with Gasteiger partial charge in [0.15, 0.2) is 0 Å². The first-order valence-electron chi connectivity index (χ1n) is 7.34. The number of cyclic esters (lactones) is 1. The van der Waals surface area contributed by atoms with Crippen molar-refractivity contribution in [1.29, 1.82) is 0 Å². The number of hydrogen-bond donors (Lipinski definition) is 0. The van der Waals surface area contributed by atoms with Gasteiger partial charge in [0.2, 0.25) is 0 Å². The third-order valence-electron chi connectivity index (χ3n) is 4.00. The average Bonchev–Trinajstić information content (AvgIpc) is 2.93. The topological polar surface area (TPSA) is 42.0 Å². The molecule has 0 N–H and O–H groups in total. The number of carbonyl (C=O) groups excluding carboxylic acids is 1. The normalized spacial score (nSPS) is 22.9. The summed E-state index contributed by atoms with van der Waals surface area (Å²) >= 11 is 12.0. The molecule has 1 aromatic rings. The van der Waals surface area contributed by atoms with Gasteiger partial charge in [-0.25, -0.2) is 4.79 Å². The Kier molecular flexibility index (Phi) is 5.08. The molecule has 5 nitrogen and oxygen atoms in total. The summed E-state index contributed by atoms with van der Waals surface area (Å²) in [5, 5.41) is 1.09. The Bertz CT molecular complexity index is 556. The largest absolute Gasteiger partial charge is 0.448 e. The number of hydrogen-bond acceptors (Lipinski definition) is 4. The fourth-order valence-electron chi connectivity index (χ4n) is 2.71. The monoisotopic (exact) mass is 344 g/mol. The molecule has 1 aromatic carbocycles. The molecule has 2 aliphatic rings. The second-order valence-electron chi connectivity index (χ2n) is 5.44. The minimum absolute atomic E-state index is 0.0194. The first-order chi connectivity index (χ1) is 10.6. The van der Waals surface area contributed by atoms with Crippen molar-refractivity contribution in [3.05, 3.63) is 33.8 Å². The number of morpholine rings is 1. The van der Waals surface area contributed by atoms with Crippen molar-refractivity contribution < 1.29 is 14.3 Å². The number of ether oxygens (including phenoxy) is 2. The molecule has 0 saturated carbocycles. The predicted octanol–water partition coefficient (Wildman–Crippen LogP) is 2.82. The summed E-state index contributed by atoms with van der Waals surface area (Å²) in [6.45, 7) is 4.98. The van der Waals surface area contributed by atoms with E-state index in [-0.39, 0.29) is 12.2 Å². The van der Waals surface area contributed by atoms with Crippen molar-refractivity contribution in [3.63, 3.8) is 0 Å². The Hall–Kier alpha value is -1.01. The van der Waals surface area contributed by atoms with Crippen molar-refractivity contribution in [3.8, 4) is 0 Å². The van der Waals surface area contributed by atoms with Crippen molar-refractivity contribution in [1.82, 2.24) is 9.80 Å². The summed E-state index contributed by atoms with van der Waals surface area (Å²) in [6.07, 6.45) is -0.233. The smallest absolute Gasteiger partial charge is 0.409 e. The maximum absolute atomic E-state index is 11.4. The second kappa shape index (κ2) is 7.04. The molecule has 1 amide bonds. The van der Waals surface area contributed by atoms with Crippen LogP contribution in [0.1, 0.15) is 11.7 Å². The highest BCUT2D eigenvalue weighted by atomic mass is 35.5. The molecule has 0 spiro atoms. The molecule has 2 aliphatic heterocycles.